The lowest BCUT2D eigenvalue weighted by Gasteiger charge is -2.13. The van der Waals surface area contributed by atoms with Gasteiger partial charge in [-0.1, -0.05) is 30.3 Å². The Morgan fingerprint density at radius 3 is 2.47 bits per heavy atom. The van der Waals surface area contributed by atoms with Crippen molar-refractivity contribution in [1.82, 2.24) is 5.32 Å². The van der Waals surface area contributed by atoms with E-state index in [0.29, 0.717) is 0 Å². The standard InChI is InChI=1S/C14H14N2O/c1-16-13(9-15)11-7-8-14(17-2)12-6-4-3-5-10(11)12/h3-8,13,16H,1-2H3. The molecule has 3 heteroatoms. The predicted molar refractivity (Wildman–Crippen MR) is 67.9 cm³/mol. The van der Waals surface area contributed by atoms with Crippen molar-refractivity contribution < 1.29 is 4.74 Å². The molecule has 2 aromatic carbocycles. The largest absolute Gasteiger partial charge is 0.496 e. The number of benzene rings is 2. The third kappa shape index (κ3) is 1.95. The van der Waals surface area contributed by atoms with Gasteiger partial charge in [-0.15, -0.1) is 0 Å². The zero-order valence-electron chi connectivity index (χ0n) is 9.90. The van der Waals surface area contributed by atoms with Gasteiger partial charge in [-0.25, -0.2) is 0 Å². The molecule has 86 valence electrons. The smallest absolute Gasteiger partial charge is 0.126 e. The molecule has 0 aliphatic rings. The second-order valence-corrected chi connectivity index (χ2v) is 3.75. The number of methoxy groups -OCH3 is 1. The Kier molecular flexibility index (Phi) is 3.27. The summed E-state index contributed by atoms with van der Waals surface area (Å²) in [4.78, 5) is 0. The van der Waals surface area contributed by atoms with E-state index in [1.54, 1.807) is 14.2 Å². The van der Waals surface area contributed by atoms with Gasteiger partial charge in [0.15, 0.2) is 0 Å². The van der Waals surface area contributed by atoms with Crippen LogP contribution in [0.15, 0.2) is 36.4 Å². The molecular formula is C14H14N2O. The highest BCUT2D eigenvalue weighted by Gasteiger charge is 2.13. The van der Waals surface area contributed by atoms with E-state index in [0.717, 1.165) is 22.1 Å². The van der Waals surface area contributed by atoms with Crippen LogP contribution in [0.2, 0.25) is 0 Å². The molecule has 0 amide bonds. The first-order valence-corrected chi connectivity index (χ1v) is 5.44. The summed E-state index contributed by atoms with van der Waals surface area (Å²) >= 11 is 0. The third-order valence-electron chi connectivity index (χ3n) is 2.87. The molecule has 0 radical (unpaired) electrons. The number of hydrogen-bond donors (Lipinski definition) is 1. The Morgan fingerprint density at radius 2 is 1.88 bits per heavy atom. The lowest BCUT2D eigenvalue weighted by molar-refractivity contribution is 0.419. The fraction of sp³-hybridized carbons (Fsp3) is 0.214. The maximum absolute atomic E-state index is 9.12. The van der Waals surface area contributed by atoms with E-state index in [2.05, 4.69) is 11.4 Å². The monoisotopic (exact) mass is 226 g/mol. The molecule has 2 rings (SSSR count). The zero-order valence-corrected chi connectivity index (χ0v) is 9.90. The van der Waals surface area contributed by atoms with Gasteiger partial charge < -0.3 is 10.1 Å². The summed E-state index contributed by atoms with van der Waals surface area (Å²) in [6, 6.07) is 13.7. The molecule has 0 aliphatic heterocycles. The van der Waals surface area contributed by atoms with Crippen molar-refractivity contribution in [2.75, 3.05) is 14.2 Å². The maximum atomic E-state index is 9.12. The van der Waals surface area contributed by atoms with Crippen molar-refractivity contribution in [3.8, 4) is 11.8 Å². The van der Waals surface area contributed by atoms with Crippen LogP contribution < -0.4 is 10.1 Å². The van der Waals surface area contributed by atoms with Gasteiger partial charge in [0.1, 0.15) is 11.8 Å². The van der Waals surface area contributed by atoms with Crippen LogP contribution in [0.4, 0.5) is 0 Å². The Balaban J connectivity index is 2.71. The van der Waals surface area contributed by atoms with Crippen LogP contribution in [0.1, 0.15) is 11.6 Å². The lowest BCUT2D eigenvalue weighted by atomic mass is 9.99. The number of nitrogens with zero attached hydrogens (tertiary/aromatic N) is 1. The van der Waals surface area contributed by atoms with E-state index in [4.69, 9.17) is 10.00 Å². The summed E-state index contributed by atoms with van der Waals surface area (Å²) in [5.41, 5.74) is 0.978. The van der Waals surface area contributed by atoms with Gasteiger partial charge in [-0.2, -0.15) is 5.26 Å². The molecule has 2 aromatic rings. The van der Waals surface area contributed by atoms with Crippen LogP contribution in [-0.4, -0.2) is 14.2 Å². The summed E-state index contributed by atoms with van der Waals surface area (Å²) < 4.78 is 5.33. The van der Waals surface area contributed by atoms with Gasteiger partial charge in [-0.3, -0.25) is 0 Å². The number of ether oxygens (including phenoxy) is 1. The first kappa shape index (κ1) is 11.4. The predicted octanol–water partition coefficient (Wildman–Crippen LogP) is 2.63. The highest BCUT2D eigenvalue weighted by molar-refractivity contribution is 5.91. The maximum Gasteiger partial charge on any atom is 0.126 e. The topological polar surface area (TPSA) is 45.0 Å². The molecule has 1 N–H and O–H groups in total. The van der Waals surface area contributed by atoms with Gasteiger partial charge >= 0.3 is 0 Å². The number of hydrogen-bond acceptors (Lipinski definition) is 3. The van der Waals surface area contributed by atoms with Crippen molar-refractivity contribution in [3.05, 3.63) is 42.0 Å². The molecule has 0 spiro atoms. The number of nitriles is 1. The number of rotatable bonds is 3. The summed E-state index contributed by atoms with van der Waals surface area (Å²) in [6.45, 7) is 0. The minimum Gasteiger partial charge on any atom is -0.496 e. The highest BCUT2D eigenvalue weighted by Crippen LogP contribution is 2.31. The molecule has 3 nitrogen and oxygen atoms in total. The average molecular weight is 226 g/mol. The van der Waals surface area contributed by atoms with Crippen molar-refractivity contribution in [1.29, 1.82) is 5.26 Å². The van der Waals surface area contributed by atoms with Crippen LogP contribution in [-0.2, 0) is 0 Å². The summed E-state index contributed by atoms with van der Waals surface area (Å²) in [6.07, 6.45) is 0. The van der Waals surface area contributed by atoms with Crippen LogP contribution >= 0.6 is 0 Å². The minimum atomic E-state index is -0.300. The third-order valence-corrected chi connectivity index (χ3v) is 2.87. The van der Waals surface area contributed by atoms with E-state index >= 15 is 0 Å². The van der Waals surface area contributed by atoms with Crippen LogP contribution in [0, 0.1) is 11.3 Å². The molecule has 1 atom stereocenters. The van der Waals surface area contributed by atoms with Crippen LogP contribution in [0.3, 0.4) is 0 Å². The normalized spacial score (nSPS) is 12.1. The average Bonchev–Trinajstić information content (AvgIpc) is 2.40. The van der Waals surface area contributed by atoms with Gasteiger partial charge in [0.05, 0.1) is 13.2 Å². The lowest BCUT2D eigenvalue weighted by Crippen LogP contribution is -2.14. The van der Waals surface area contributed by atoms with Crippen molar-refractivity contribution in [2.24, 2.45) is 0 Å². The minimum absolute atomic E-state index is 0.300. The summed E-state index contributed by atoms with van der Waals surface area (Å²) in [5.74, 6) is 0.831. The van der Waals surface area contributed by atoms with Crippen LogP contribution in [0.25, 0.3) is 10.8 Å². The molecule has 0 saturated heterocycles. The van der Waals surface area contributed by atoms with E-state index in [1.165, 1.54) is 0 Å². The van der Waals surface area contributed by atoms with Crippen molar-refractivity contribution in [2.45, 2.75) is 6.04 Å². The van der Waals surface area contributed by atoms with Crippen molar-refractivity contribution >= 4 is 10.8 Å². The van der Waals surface area contributed by atoms with Gasteiger partial charge in [-0.05, 0) is 24.1 Å². The highest BCUT2D eigenvalue weighted by atomic mass is 16.5. The molecule has 0 saturated carbocycles. The SMILES string of the molecule is CNC(C#N)c1ccc(OC)c2ccccc12. The molecule has 0 heterocycles. The Labute approximate surface area is 101 Å². The Hall–Kier alpha value is -2.05. The fourth-order valence-corrected chi connectivity index (χ4v) is 2.01. The molecule has 0 aromatic heterocycles. The van der Waals surface area contributed by atoms with Gasteiger partial charge in [0.2, 0.25) is 0 Å². The summed E-state index contributed by atoms with van der Waals surface area (Å²) in [5, 5.41) is 14.2. The van der Waals surface area contributed by atoms with Crippen molar-refractivity contribution in [3.63, 3.8) is 0 Å². The van der Waals surface area contributed by atoms with E-state index in [9.17, 15) is 0 Å². The van der Waals surface area contributed by atoms with Gasteiger partial charge in [0, 0.05) is 5.39 Å². The van der Waals surface area contributed by atoms with Crippen LogP contribution in [0.5, 0.6) is 5.75 Å². The van der Waals surface area contributed by atoms with E-state index < -0.39 is 0 Å². The quantitative estimate of drug-likeness (QED) is 0.875. The molecule has 17 heavy (non-hydrogen) atoms. The number of fused-ring (bicyclic) bond motifs is 1. The Morgan fingerprint density at radius 1 is 1.18 bits per heavy atom. The second kappa shape index (κ2) is 4.86. The molecular weight excluding hydrogens is 212 g/mol. The first-order chi connectivity index (χ1) is 8.31. The molecule has 0 fully saturated rings. The summed E-state index contributed by atoms with van der Waals surface area (Å²) in [7, 11) is 3.44. The van der Waals surface area contributed by atoms with E-state index in [1.807, 2.05) is 36.4 Å². The second-order valence-electron chi connectivity index (χ2n) is 3.75. The molecule has 0 bridgehead atoms. The first-order valence-electron chi connectivity index (χ1n) is 5.44. The Bertz CT molecular complexity index is 572. The molecule has 1 unspecified atom stereocenters. The van der Waals surface area contributed by atoms with E-state index in [-0.39, 0.29) is 6.04 Å². The van der Waals surface area contributed by atoms with Gasteiger partial charge in [0.25, 0.3) is 0 Å². The number of nitrogens with one attached hydrogen (secondary N) is 1. The molecule has 0 aliphatic carbocycles. The fourth-order valence-electron chi connectivity index (χ4n) is 2.01. The zero-order chi connectivity index (χ0) is 12.3.